The van der Waals surface area contributed by atoms with Crippen molar-refractivity contribution in [3.8, 4) is 5.69 Å². The van der Waals surface area contributed by atoms with Crippen molar-refractivity contribution in [1.29, 1.82) is 0 Å². The van der Waals surface area contributed by atoms with E-state index in [4.69, 9.17) is 0 Å². The molecule has 0 radical (unpaired) electrons. The van der Waals surface area contributed by atoms with Crippen LogP contribution in [0.5, 0.6) is 0 Å². The van der Waals surface area contributed by atoms with Crippen molar-refractivity contribution < 1.29 is 4.79 Å². The topological polar surface area (TPSA) is 50.2 Å². The molecule has 0 atom stereocenters. The average Bonchev–Trinajstić information content (AvgIpc) is 2.86. The van der Waals surface area contributed by atoms with E-state index in [2.05, 4.69) is 10.4 Å². The van der Waals surface area contributed by atoms with Gasteiger partial charge in [0.1, 0.15) is 0 Å². The number of hydrogen-bond acceptors (Lipinski definition) is 3. The summed E-state index contributed by atoms with van der Waals surface area (Å²) >= 11 is 0. The molecule has 21 heavy (non-hydrogen) atoms. The van der Waals surface area contributed by atoms with Gasteiger partial charge in [-0.25, -0.2) is 4.68 Å². The van der Waals surface area contributed by atoms with E-state index in [0.717, 1.165) is 48.8 Å². The summed E-state index contributed by atoms with van der Waals surface area (Å²) in [6.07, 6.45) is 0. The number of aromatic nitrogens is 2. The zero-order valence-corrected chi connectivity index (χ0v) is 12.5. The zero-order chi connectivity index (χ0) is 14.8. The quantitative estimate of drug-likeness (QED) is 0.910. The number of benzene rings is 1. The first kappa shape index (κ1) is 13.8. The van der Waals surface area contributed by atoms with Crippen LogP contribution in [0.2, 0.25) is 0 Å². The van der Waals surface area contributed by atoms with Crippen LogP contribution in [0.15, 0.2) is 30.3 Å². The van der Waals surface area contributed by atoms with E-state index in [1.807, 2.05) is 53.8 Å². The zero-order valence-electron chi connectivity index (χ0n) is 12.5. The van der Waals surface area contributed by atoms with Crippen molar-refractivity contribution in [3.05, 3.63) is 47.3 Å². The fourth-order valence-corrected chi connectivity index (χ4v) is 2.69. The standard InChI is InChI=1S/C16H20N4O/c1-12-11-13(2)20(18-12)15-5-3-14(4-6-15)16(21)19-9-7-17-8-10-19/h3-6,11,17H,7-10H2,1-2H3. The van der Waals surface area contributed by atoms with Crippen molar-refractivity contribution in [2.75, 3.05) is 26.2 Å². The van der Waals surface area contributed by atoms with E-state index < -0.39 is 0 Å². The number of aryl methyl sites for hydroxylation is 2. The van der Waals surface area contributed by atoms with E-state index in [1.165, 1.54) is 0 Å². The van der Waals surface area contributed by atoms with E-state index in [-0.39, 0.29) is 5.91 Å². The molecule has 0 aliphatic carbocycles. The minimum atomic E-state index is 0.108. The molecule has 1 aliphatic rings. The van der Waals surface area contributed by atoms with Crippen LogP contribution in [0, 0.1) is 13.8 Å². The Kier molecular flexibility index (Phi) is 3.75. The molecule has 3 rings (SSSR count). The van der Waals surface area contributed by atoms with E-state index in [1.54, 1.807) is 0 Å². The maximum atomic E-state index is 12.4. The predicted octanol–water partition coefficient (Wildman–Crippen LogP) is 1.53. The highest BCUT2D eigenvalue weighted by molar-refractivity contribution is 5.94. The number of nitrogens with one attached hydrogen (secondary N) is 1. The first-order valence-corrected chi connectivity index (χ1v) is 7.29. The SMILES string of the molecule is Cc1cc(C)n(-c2ccc(C(=O)N3CCNCC3)cc2)n1. The van der Waals surface area contributed by atoms with Crippen LogP contribution in [0.4, 0.5) is 0 Å². The molecule has 5 nitrogen and oxygen atoms in total. The second-order valence-corrected chi connectivity index (χ2v) is 5.43. The highest BCUT2D eigenvalue weighted by Crippen LogP contribution is 2.14. The van der Waals surface area contributed by atoms with Crippen molar-refractivity contribution in [2.24, 2.45) is 0 Å². The molecule has 110 valence electrons. The van der Waals surface area contributed by atoms with Crippen LogP contribution in [0.25, 0.3) is 5.69 Å². The first-order chi connectivity index (χ1) is 10.1. The summed E-state index contributed by atoms with van der Waals surface area (Å²) in [5, 5.41) is 7.71. The van der Waals surface area contributed by atoms with Crippen molar-refractivity contribution in [2.45, 2.75) is 13.8 Å². The molecule has 1 N–H and O–H groups in total. The van der Waals surface area contributed by atoms with Gasteiger partial charge >= 0.3 is 0 Å². The molecular formula is C16H20N4O. The van der Waals surface area contributed by atoms with Crippen LogP contribution in [0.3, 0.4) is 0 Å². The number of carbonyl (C=O) groups excluding carboxylic acids is 1. The molecule has 0 saturated carbocycles. The highest BCUT2D eigenvalue weighted by Gasteiger charge is 2.17. The predicted molar refractivity (Wildman–Crippen MR) is 81.8 cm³/mol. The Morgan fingerprint density at radius 3 is 2.38 bits per heavy atom. The van der Waals surface area contributed by atoms with E-state index in [9.17, 15) is 4.79 Å². The molecule has 0 unspecified atom stereocenters. The third-order valence-electron chi connectivity index (χ3n) is 3.77. The normalized spacial score (nSPS) is 15.2. The maximum Gasteiger partial charge on any atom is 0.253 e. The number of rotatable bonds is 2. The van der Waals surface area contributed by atoms with Gasteiger partial charge in [-0.05, 0) is 44.2 Å². The van der Waals surface area contributed by atoms with Crippen molar-refractivity contribution in [1.82, 2.24) is 20.0 Å². The van der Waals surface area contributed by atoms with Crippen LogP contribution in [-0.4, -0.2) is 46.8 Å². The summed E-state index contributed by atoms with van der Waals surface area (Å²) in [6, 6.07) is 9.72. The van der Waals surface area contributed by atoms with Gasteiger partial charge in [0, 0.05) is 37.4 Å². The maximum absolute atomic E-state index is 12.4. The van der Waals surface area contributed by atoms with Gasteiger partial charge in [-0.15, -0.1) is 0 Å². The fraction of sp³-hybridized carbons (Fsp3) is 0.375. The molecule has 1 aromatic carbocycles. The molecule has 2 heterocycles. The van der Waals surface area contributed by atoms with Gasteiger partial charge in [-0.3, -0.25) is 4.79 Å². The Balaban J connectivity index is 1.80. The summed E-state index contributed by atoms with van der Waals surface area (Å²) in [4.78, 5) is 14.3. The molecule has 2 aromatic rings. The summed E-state index contributed by atoms with van der Waals surface area (Å²) in [5.41, 5.74) is 3.81. The summed E-state index contributed by atoms with van der Waals surface area (Å²) in [7, 11) is 0. The lowest BCUT2D eigenvalue weighted by Gasteiger charge is -2.27. The Hall–Kier alpha value is -2.14. The monoisotopic (exact) mass is 284 g/mol. The second kappa shape index (κ2) is 5.69. The lowest BCUT2D eigenvalue weighted by molar-refractivity contribution is 0.0736. The fourth-order valence-electron chi connectivity index (χ4n) is 2.69. The minimum Gasteiger partial charge on any atom is -0.336 e. The lowest BCUT2D eigenvalue weighted by Crippen LogP contribution is -2.46. The Labute approximate surface area is 124 Å². The van der Waals surface area contributed by atoms with Crippen LogP contribution >= 0.6 is 0 Å². The average molecular weight is 284 g/mol. The van der Waals surface area contributed by atoms with Gasteiger partial charge in [-0.2, -0.15) is 5.10 Å². The number of hydrogen-bond donors (Lipinski definition) is 1. The largest absolute Gasteiger partial charge is 0.336 e. The summed E-state index contributed by atoms with van der Waals surface area (Å²) in [5.74, 6) is 0.108. The van der Waals surface area contributed by atoms with Gasteiger partial charge in [0.2, 0.25) is 0 Å². The summed E-state index contributed by atoms with van der Waals surface area (Å²) in [6.45, 7) is 7.30. The number of nitrogens with zero attached hydrogens (tertiary/aromatic N) is 3. The number of amides is 1. The minimum absolute atomic E-state index is 0.108. The molecule has 0 spiro atoms. The van der Waals surface area contributed by atoms with Crippen LogP contribution in [-0.2, 0) is 0 Å². The van der Waals surface area contributed by atoms with Crippen molar-refractivity contribution >= 4 is 5.91 Å². The molecule has 1 aromatic heterocycles. The lowest BCUT2D eigenvalue weighted by atomic mass is 10.1. The molecule has 5 heteroatoms. The number of piperazine rings is 1. The Bertz CT molecular complexity index is 639. The smallest absolute Gasteiger partial charge is 0.253 e. The van der Waals surface area contributed by atoms with E-state index >= 15 is 0 Å². The van der Waals surface area contributed by atoms with Gasteiger partial charge in [0.25, 0.3) is 5.91 Å². The van der Waals surface area contributed by atoms with Gasteiger partial charge in [0.05, 0.1) is 11.4 Å². The molecule has 1 aliphatic heterocycles. The first-order valence-electron chi connectivity index (χ1n) is 7.29. The molecule has 1 fully saturated rings. The third-order valence-corrected chi connectivity index (χ3v) is 3.77. The van der Waals surface area contributed by atoms with Gasteiger partial charge in [0.15, 0.2) is 0 Å². The highest BCUT2D eigenvalue weighted by atomic mass is 16.2. The Morgan fingerprint density at radius 2 is 1.81 bits per heavy atom. The molecular weight excluding hydrogens is 264 g/mol. The second-order valence-electron chi connectivity index (χ2n) is 5.43. The third kappa shape index (κ3) is 2.83. The molecule has 0 bridgehead atoms. The number of carbonyl (C=O) groups is 1. The molecule has 1 amide bonds. The van der Waals surface area contributed by atoms with Crippen LogP contribution < -0.4 is 5.32 Å². The summed E-state index contributed by atoms with van der Waals surface area (Å²) < 4.78 is 1.90. The van der Waals surface area contributed by atoms with Gasteiger partial charge in [-0.1, -0.05) is 0 Å². The van der Waals surface area contributed by atoms with Crippen LogP contribution in [0.1, 0.15) is 21.7 Å². The Morgan fingerprint density at radius 1 is 1.14 bits per heavy atom. The van der Waals surface area contributed by atoms with Gasteiger partial charge < -0.3 is 10.2 Å². The molecule has 1 saturated heterocycles. The van der Waals surface area contributed by atoms with E-state index in [0.29, 0.717) is 0 Å². The van der Waals surface area contributed by atoms with Crippen molar-refractivity contribution in [3.63, 3.8) is 0 Å².